The summed E-state index contributed by atoms with van der Waals surface area (Å²) < 4.78 is 18.2. The molecule has 0 fully saturated rings. The zero-order valence-electron chi connectivity index (χ0n) is 13.7. The number of nitrogens with zero attached hydrogens (tertiary/aromatic N) is 1. The van der Waals surface area contributed by atoms with E-state index in [1.807, 2.05) is 0 Å². The Balaban J connectivity index is 1.84. The lowest BCUT2D eigenvalue weighted by Gasteiger charge is -2.06. The largest absolute Gasteiger partial charge is 0.480 e. The van der Waals surface area contributed by atoms with Crippen molar-refractivity contribution in [2.24, 2.45) is 5.10 Å². The van der Waals surface area contributed by atoms with E-state index in [0.29, 0.717) is 17.0 Å². The molecule has 0 saturated heterocycles. The van der Waals surface area contributed by atoms with Crippen molar-refractivity contribution in [1.82, 2.24) is 5.43 Å². The van der Waals surface area contributed by atoms with Gasteiger partial charge in [0.25, 0.3) is 0 Å². The monoisotopic (exact) mass is 353 g/mol. The van der Waals surface area contributed by atoms with Crippen molar-refractivity contribution >= 4 is 23.7 Å². The highest BCUT2D eigenvalue weighted by Gasteiger charge is 2.09. The maximum Gasteiger partial charge on any atom is 0.249 e. The summed E-state index contributed by atoms with van der Waals surface area (Å²) >= 11 is 0. The Hall–Kier alpha value is -3.66. The topological polar surface area (TPSA) is 79.8 Å². The first-order valence-corrected chi connectivity index (χ1v) is 7.61. The van der Waals surface area contributed by atoms with Crippen molar-refractivity contribution in [3.8, 4) is 18.1 Å². The normalized spacial score (nSPS) is 10.2. The van der Waals surface area contributed by atoms with E-state index in [-0.39, 0.29) is 6.61 Å². The summed E-state index contributed by atoms with van der Waals surface area (Å²) in [4.78, 5) is 23.5. The summed E-state index contributed by atoms with van der Waals surface area (Å²) in [5, 5.41) is 6.28. The maximum atomic E-state index is 12.8. The number of nitrogens with one attached hydrogen (secondary N) is 2. The fourth-order valence-electron chi connectivity index (χ4n) is 1.94. The van der Waals surface area contributed by atoms with Gasteiger partial charge in [0.15, 0.2) is 0 Å². The van der Waals surface area contributed by atoms with E-state index in [1.165, 1.54) is 30.5 Å². The van der Waals surface area contributed by atoms with Gasteiger partial charge in [0.05, 0.1) is 6.21 Å². The van der Waals surface area contributed by atoms with E-state index in [1.54, 1.807) is 24.3 Å². The van der Waals surface area contributed by atoms with Gasteiger partial charge in [0.2, 0.25) is 11.8 Å². The number of carbonyl (C=O) groups is 2. The van der Waals surface area contributed by atoms with Crippen LogP contribution in [0.3, 0.4) is 0 Å². The molecule has 6 nitrogen and oxygen atoms in total. The Morgan fingerprint density at radius 3 is 2.62 bits per heavy atom. The van der Waals surface area contributed by atoms with Gasteiger partial charge in [-0.25, -0.2) is 9.82 Å². The number of amides is 2. The molecule has 2 aromatic rings. The molecule has 0 aromatic heterocycles. The number of terminal acetylenes is 1. The molecule has 7 heteroatoms. The highest BCUT2D eigenvalue weighted by molar-refractivity contribution is 6.03. The fourth-order valence-corrected chi connectivity index (χ4v) is 1.94. The summed E-state index contributed by atoms with van der Waals surface area (Å²) in [6, 6.07) is 12.2. The lowest BCUT2D eigenvalue weighted by atomic mass is 10.2. The Morgan fingerprint density at radius 2 is 1.88 bits per heavy atom. The van der Waals surface area contributed by atoms with E-state index in [9.17, 15) is 14.0 Å². The Labute approximate surface area is 150 Å². The number of anilines is 1. The van der Waals surface area contributed by atoms with Crippen molar-refractivity contribution in [2.45, 2.75) is 6.42 Å². The highest BCUT2D eigenvalue weighted by atomic mass is 19.1. The van der Waals surface area contributed by atoms with E-state index in [2.05, 4.69) is 21.8 Å². The quantitative estimate of drug-likeness (QED) is 0.347. The van der Waals surface area contributed by atoms with Crippen LogP contribution in [0.4, 0.5) is 10.1 Å². The number of ether oxygens (including phenoxy) is 1. The number of carbonyl (C=O) groups excluding carboxylic acids is 2. The maximum absolute atomic E-state index is 12.8. The fraction of sp³-hybridized carbons (Fsp3) is 0.105. The molecule has 0 aliphatic heterocycles. The van der Waals surface area contributed by atoms with Gasteiger partial charge in [-0.1, -0.05) is 18.1 Å². The van der Waals surface area contributed by atoms with Crippen LogP contribution in [-0.2, 0) is 9.59 Å². The molecule has 26 heavy (non-hydrogen) atoms. The molecule has 0 radical (unpaired) electrons. The van der Waals surface area contributed by atoms with Crippen LogP contribution < -0.4 is 15.5 Å². The minimum absolute atomic E-state index is 0.112. The number of benzene rings is 2. The first-order chi connectivity index (χ1) is 12.6. The molecule has 2 amide bonds. The minimum atomic E-state index is -0.595. The van der Waals surface area contributed by atoms with Gasteiger partial charge < -0.3 is 10.1 Å². The van der Waals surface area contributed by atoms with Gasteiger partial charge in [0.1, 0.15) is 24.6 Å². The summed E-state index contributed by atoms with van der Waals surface area (Å²) in [6.07, 6.45) is 6.12. The lowest BCUT2D eigenvalue weighted by Crippen LogP contribution is -2.24. The van der Waals surface area contributed by atoms with Gasteiger partial charge in [-0.15, -0.1) is 6.42 Å². The van der Waals surface area contributed by atoms with Gasteiger partial charge in [0, 0.05) is 11.3 Å². The number of hydrogen-bond donors (Lipinski definition) is 2. The van der Waals surface area contributed by atoms with Crippen molar-refractivity contribution in [1.29, 1.82) is 0 Å². The number of halogens is 1. The summed E-state index contributed by atoms with van der Waals surface area (Å²) in [5.41, 5.74) is 3.27. The molecule has 0 spiro atoms. The van der Waals surface area contributed by atoms with Crippen LogP contribution in [0.1, 0.15) is 12.0 Å². The third-order valence-electron chi connectivity index (χ3n) is 3.07. The third kappa shape index (κ3) is 6.09. The number of rotatable bonds is 7. The lowest BCUT2D eigenvalue weighted by molar-refractivity contribution is -0.126. The highest BCUT2D eigenvalue weighted by Crippen LogP contribution is 2.15. The van der Waals surface area contributed by atoms with E-state index < -0.39 is 24.1 Å². The Kier molecular flexibility index (Phi) is 6.89. The SMILES string of the molecule is C#CCOc1ccccc1C=NNC(=O)CC(=O)Nc1ccc(F)cc1. The van der Waals surface area contributed by atoms with Crippen molar-refractivity contribution < 1.29 is 18.7 Å². The zero-order chi connectivity index (χ0) is 18.8. The van der Waals surface area contributed by atoms with Crippen molar-refractivity contribution in [3.63, 3.8) is 0 Å². The van der Waals surface area contributed by atoms with Crippen LogP contribution in [0.2, 0.25) is 0 Å². The Bertz CT molecular complexity index is 842. The van der Waals surface area contributed by atoms with Crippen LogP contribution in [0, 0.1) is 18.2 Å². The van der Waals surface area contributed by atoms with E-state index in [4.69, 9.17) is 11.2 Å². The van der Waals surface area contributed by atoms with Crippen LogP contribution in [0.15, 0.2) is 53.6 Å². The number of hydrogen-bond acceptors (Lipinski definition) is 4. The van der Waals surface area contributed by atoms with Crippen LogP contribution in [0.5, 0.6) is 5.75 Å². The van der Waals surface area contributed by atoms with Crippen LogP contribution in [0.25, 0.3) is 0 Å². The minimum Gasteiger partial charge on any atom is -0.480 e. The average molecular weight is 353 g/mol. The number of para-hydroxylation sites is 1. The molecule has 0 heterocycles. The predicted molar refractivity (Wildman–Crippen MR) is 96.2 cm³/mol. The number of hydrazone groups is 1. The molecule has 2 N–H and O–H groups in total. The summed E-state index contributed by atoms with van der Waals surface area (Å²) in [7, 11) is 0. The molecule has 2 rings (SSSR count). The Morgan fingerprint density at radius 1 is 1.15 bits per heavy atom. The molecular weight excluding hydrogens is 337 g/mol. The molecule has 0 aliphatic carbocycles. The van der Waals surface area contributed by atoms with Crippen LogP contribution >= 0.6 is 0 Å². The van der Waals surface area contributed by atoms with Gasteiger partial charge in [-0.2, -0.15) is 5.10 Å². The summed E-state index contributed by atoms with van der Waals surface area (Å²) in [6.45, 7) is 0.112. The standard InChI is InChI=1S/C19H16FN3O3/c1-2-11-26-17-6-4-3-5-14(17)13-21-23-19(25)12-18(24)22-16-9-7-15(20)8-10-16/h1,3-10,13H,11-12H2,(H,22,24)(H,23,25). The smallest absolute Gasteiger partial charge is 0.249 e. The van der Waals surface area contributed by atoms with E-state index >= 15 is 0 Å². The molecule has 132 valence electrons. The van der Waals surface area contributed by atoms with Crippen molar-refractivity contribution in [2.75, 3.05) is 11.9 Å². The molecule has 0 aliphatic rings. The molecular formula is C19H16FN3O3. The van der Waals surface area contributed by atoms with Crippen LogP contribution in [-0.4, -0.2) is 24.6 Å². The second-order valence-electron chi connectivity index (χ2n) is 5.06. The molecule has 0 bridgehead atoms. The first kappa shape index (κ1) is 18.7. The van der Waals surface area contributed by atoms with Crippen molar-refractivity contribution in [3.05, 3.63) is 59.9 Å². The summed E-state index contributed by atoms with van der Waals surface area (Å²) in [5.74, 6) is 1.34. The van der Waals surface area contributed by atoms with E-state index in [0.717, 1.165) is 0 Å². The first-order valence-electron chi connectivity index (χ1n) is 7.61. The molecule has 0 saturated carbocycles. The zero-order valence-corrected chi connectivity index (χ0v) is 13.7. The molecule has 2 aromatic carbocycles. The molecule has 0 unspecified atom stereocenters. The second-order valence-corrected chi connectivity index (χ2v) is 5.06. The second kappa shape index (κ2) is 9.59. The predicted octanol–water partition coefficient (Wildman–Crippen LogP) is 2.32. The van der Waals surface area contributed by atoms with Gasteiger partial charge in [-0.3, -0.25) is 9.59 Å². The van der Waals surface area contributed by atoms with Gasteiger partial charge >= 0.3 is 0 Å². The third-order valence-corrected chi connectivity index (χ3v) is 3.07. The average Bonchev–Trinajstić information content (AvgIpc) is 2.62. The molecule has 0 atom stereocenters. The van der Waals surface area contributed by atoms with Gasteiger partial charge in [-0.05, 0) is 36.4 Å².